The fourth-order valence-corrected chi connectivity index (χ4v) is 4.98. The van der Waals surface area contributed by atoms with Gasteiger partial charge >= 0.3 is 0 Å². The summed E-state index contributed by atoms with van der Waals surface area (Å²) in [6.45, 7) is 2.33. The molecule has 0 aliphatic carbocycles. The number of carbonyl (C=O) groups is 1. The van der Waals surface area contributed by atoms with Crippen molar-refractivity contribution in [1.29, 1.82) is 0 Å². The van der Waals surface area contributed by atoms with Gasteiger partial charge in [-0.15, -0.1) is 0 Å². The fourth-order valence-electron chi connectivity index (χ4n) is 3.73. The summed E-state index contributed by atoms with van der Waals surface area (Å²) in [5, 5.41) is 6.11. The van der Waals surface area contributed by atoms with E-state index in [4.69, 9.17) is 16.3 Å². The average Bonchev–Trinajstić information content (AvgIpc) is 3.21. The monoisotopic (exact) mass is 562 g/mol. The Morgan fingerprint density at radius 1 is 1.03 bits per heavy atom. The maximum atomic E-state index is 12.8. The number of ether oxygens (including phenoxy) is 1. The van der Waals surface area contributed by atoms with E-state index < -0.39 is 0 Å². The molecule has 0 spiro atoms. The van der Waals surface area contributed by atoms with Crippen LogP contribution in [0.5, 0.6) is 5.75 Å². The molecule has 7 heteroatoms. The van der Waals surface area contributed by atoms with Crippen molar-refractivity contribution >= 4 is 72.9 Å². The Bertz CT molecular complexity index is 1500. The molecule has 0 atom stereocenters. The number of amidine groups is 1. The molecule has 1 N–H and O–H groups in total. The molecule has 1 aliphatic heterocycles. The second-order valence-corrected chi connectivity index (χ2v) is 10.3. The van der Waals surface area contributed by atoms with Gasteiger partial charge in [-0.1, -0.05) is 76.1 Å². The zero-order chi connectivity index (χ0) is 24.4. The Hall–Kier alpha value is -3.06. The highest BCUT2D eigenvalue weighted by atomic mass is 79.9. The molecule has 4 aromatic rings. The van der Waals surface area contributed by atoms with Crippen LogP contribution in [0.1, 0.15) is 16.7 Å². The van der Waals surface area contributed by atoms with E-state index in [9.17, 15) is 4.79 Å². The molecular weight excluding hydrogens is 544 g/mol. The Morgan fingerprint density at radius 3 is 2.66 bits per heavy atom. The van der Waals surface area contributed by atoms with Crippen LogP contribution in [0, 0.1) is 6.92 Å². The summed E-state index contributed by atoms with van der Waals surface area (Å²) < 4.78 is 7.24. The molecule has 1 fully saturated rings. The van der Waals surface area contributed by atoms with Gasteiger partial charge < -0.3 is 10.1 Å². The van der Waals surface area contributed by atoms with Crippen LogP contribution in [-0.2, 0) is 11.4 Å². The van der Waals surface area contributed by atoms with Crippen molar-refractivity contribution in [3.63, 3.8) is 0 Å². The first-order valence-electron chi connectivity index (χ1n) is 10.9. The number of nitrogens with one attached hydrogen (secondary N) is 1. The first kappa shape index (κ1) is 23.7. The lowest BCUT2D eigenvalue weighted by molar-refractivity contribution is -0.115. The first-order chi connectivity index (χ1) is 17.0. The number of fused-ring (bicyclic) bond motifs is 1. The Kier molecular flexibility index (Phi) is 6.95. The smallest absolute Gasteiger partial charge is 0.264 e. The van der Waals surface area contributed by atoms with Gasteiger partial charge in [-0.3, -0.25) is 4.79 Å². The maximum Gasteiger partial charge on any atom is 0.264 e. The van der Waals surface area contributed by atoms with Crippen LogP contribution in [0.4, 0.5) is 5.69 Å². The molecule has 1 aliphatic rings. The van der Waals surface area contributed by atoms with Crippen LogP contribution in [0.25, 0.3) is 16.8 Å². The highest BCUT2D eigenvalue weighted by molar-refractivity contribution is 9.10. The first-order valence-corrected chi connectivity index (χ1v) is 12.9. The van der Waals surface area contributed by atoms with Gasteiger partial charge in [-0.05, 0) is 77.0 Å². The second-order valence-electron chi connectivity index (χ2n) is 7.98. The Balaban J connectivity index is 1.49. The van der Waals surface area contributed by atoms with Gasteiger partial charge in [0.15, 0.2) is 5.17 Å². The largest absolute Gasteiger partial charge is 0.488 e. The van der Waals surface area contributed by atoms with Crippen LogP contribution in [-0.4, -0.2) is 11.1 Å². The van der Waals surface area contributed by atoms with Crippen molar-refractivity contribution in [2.45, 2.75) is 13.5 Å². The average molecular weight is 564 g/mol. The Morgan fingerprint density at radius 2 is 1.83 bits per heavy atom. The molecule has 174 valence electrons. The second kappa shape index (κ2) is 10.3. The topological polar surface area (TPSA) is 50.7 Å². The van der Waals surface area contributed by atoms with E-state index in [1.54, 1.807) is 0 Å². The predicted octanol–water partition coefficient (Wildman–Crippen LogP) is 8.03. The SMILES string of the molecule is Cc1c(Cl)cccc1N=C1NC(=O)/C(=C\c2c(OCc3ccc(Br)cc3)ccc3ccccc23)S1. The molecular formula is C28H20BrClN2O2S. The number of hydrogen-bond acceptors (Lipinski definition) is 4. The highest BCUT2D eigenvalue weighted by Gasteiger charge is 2.25. The Labute approximate surface area is 221 Å². The number of carbonyl (C=O) groups excluding carboxylic acids is 1. The van der Waals surface area contributed by atoms with E-state index in [1.807, 2.05) is 91.9 Å². The zero-order valence-electron chi connectivity index (χ0n) is 18.7. The summed E-state index contributed by atoms with van der Waals surface area (Å²) in [6, 6.07) is 25.6. The molecule has 0 aromatic heterocycles. The number of rotatable bonds is 5. The number of benzene rings is 4. The molecule has 1 saturated heterocycles. The molecule has 1 amide bonds. The minimum absolute atomic E-state index is 0.194. The zero-order valence-corrected chi connectivity index (χ0v) is 21.9. The maximum absolute atomic E-state index is 12.8. The van der Waals surface area contributed by atoms with Crippen molar-refractivity contribution in [2.24, 2.45) is 4.99 Å². The lowest BCUT2D eigenvalue weighted by Crippen LogP contribution is -2.19. The van der Waals surface area contributed by atoms with Crippen LogP contribution in [0.15, 0.2) is 93.2 Å². The van der Waals surface area contributed by atoms with Gasteiger partial charge in [-0.25, -0.2) is 4.99 Å². The van der Waals surface area contributed by atoms with Gasteiger partial charge in [0.1, 0.15) is 12.4 Å². The summed E-state index contributed by atoms with van der Waals surface area (Å²) in [7, 11) is 0. The van der Waals surface area contributed by atoms with E-state index >= 15 is 0 Å². The van der Waals surface area contributed by atoms with Crippen molar-refractivity contribution in [3.05, 3.63) is 110 Å². The minimum atomic E-state index is -0.194. The van der Waals surface area contributed by atoms with E-state index in [-0.39, 0.29) is 5.91 Å². The molecule has 0 saturated carbocycles. The lowest BCUT2D eigenvalue weighted by atomic mass is 10.0. The molecule has 5 rings (SSSR count). The summed E-state index contributed by atoms with van der Waals surface area (Å²) >= 11 is 11.0. The third-order valence-electron chi connectivity index (χ3n) is 5.63. The van der Waals surface area contributed by atoms with E-state index in [0.29, 0.717) is 27.5 Å². The van der Waals surface area contributed by atoms with E-state index in [2.05, 4.69) is 26.2 Å². The lowest BCUT2D eigenvalue weighted by Gasteiger charge is -2.13. The summed E-state index contributed by atoms with van der Waals surface area (Å²) in [5.74, 6) is 0.517. The minimum Gasteiger partial charge on any atom is -0.488 e. The predicted molar refractivity (Wildman–Crippen MR) is 149 cm³/mol. The van der Waals surface area contributed by atoms with Gasteiger partial charge in [-0.2, -0.15) is 0 Å². The number of halogens is 2. The molecule has 1 heterocycles. The third kappa shape index (κ3) is 5.30. The van der Waals surface area contributed by atoms with Crippen molar-refractivity contribution in [2.75, 3.05) is 0 Å². The van der Waals surface area contributed by atoms with Gasteiger partial charge in [0.05, 0.1) is 10.6 Å². The van der Waals surface area contributed by atoms with Gasteiger partial charge in [0.25, 0.3) is 5.91 Å². The van der Waals surface area contributed by atoms with Crippen LogP contribution in [0.3, 0.4) is 0 Å². The van der Waals surface area contributed by atoms with Crippen molar-refractivity contribution in [3.8, 4) is 5.75 Å². The van der Waals surface area contributed by atoms with Crippen molar-refractivity contribution in [1.82, 2.24) is 5.32 Å². The number of thioether (sulfide) groups is 1. The highest BCUT2D eigenvalue weighted by Crippen LogP contribution is 2.36. The van der Waals surface area contributed by atoms with Crippen molar-refractivity contribution < 1.29 is 9.53 Å². The number of amides is 1. The standard InChI is InChI=1S/C28H20BrClN2O2S/c1-17-23(30)7-4-8-24(17)31-28-32-27(33)26(35-28)15-22-21-6-3-2-5-19(21)11-14-25(22)34-16-18-9-12-20(29)13-10-18/h2-15H,16H2,1H3,(H,31,32,33)/b26-15+. The molecule has 35 heavy (non-hydrogen) atoms. The number of hydrogen-bond donors (Lipinski definition) is 1. The fraction of sp³-hybridized carbons (Fsp3) is 0.0714. The number of aliphatic imine (C=N–C) groups is 1. The van der Waals surface area contributed by atoms with Crippen LogP contribution >= 0.6 is 39.3 Å². The summed E-state index contributed by atoms with van der Waals surface area (Å²) in [5.41, 5.74) is 3.51. The van der Waals surface area contributed by atoms with Crippen LogP contribution < -0.4 is 10.1 Å². The normalized spacial score (nSPS) is 15.7. The quantitative estimate of drug-likeness (QED) is 0.250. The van der Waals surface area contributed by atoms with E-state index in [0.717, 1.165) is 37.6 Å². The molecule has 0 radical (unpaired) electrons. The molecule has 0 bridgehead atoms. The summed E-state index contributed by atoms with van der Waals surface area (Å²) in [6.07, 6.45) is 1.88. The van der Waals surface area contributed by atoms with Gasteiger partial charge in [0, 0.05) is 15.1 Å². The molecule has 0 unspecified atom stereocenters. The van der Waals surface area contributed by atoms with Gasteiger partial charge in [0.2, 0.25) is 0 Å². The molecule has 4 nitrogen and oxygen atoms in total. The number of nitrogens with zero attached hydrogens (tertiary/aromatic N) is 1. The van der Waals surface area contributed by atoms with Crippen LogP contribution in [0.2, 0.25) is 5.02 Å². The third-order valence-corrected chi connectivity index (χ3v) is 7.47. The van der Waals surface area contributed by atoms with E-state index in [1.165, 1.54) is 11.8 Å². The molecule has 4 aromatic carbocycles. The summed E-state index contributed by atoms with van der Waals surface area (Å²) in [4.78, 5) is 18.0.